The fourth-order valence-electron chi connectivity index (χ4n) is 2.26. The topological polar surface area (TPSA) is 72.8 Å². The Morgan fingerprint density at radius 2 is 1.95 bits per heavy atom. The number of aliphatic hydroxyl groups excluding tert-OH is 1. The van der Waals surface area contributed by atoms with Crippen molar-refractivity contribution in [2.75, 3.05) is 12.4 Å². The number of sulfone groups is 1. The van der Waals surface area contributed by atoms with Crippen molar-refractivity contribution < 1.29 is 23.0 Å². The second-order valence-corrected chi connectivity index (χ2v) is 7.91. The van der Waals surface area contributed by atoms with Crippen LogP contribution in [0.15, 0.2) is 29.2 Å². The van der Waals surface area contributed by atoms with Crippen molar-refractivity contribution in [1.82, 2.24) is 0 Å². The molecule has 0 aromatic heterocycles. The van der Waals surface area contributed by atoms with Gasteiger partial charge >= 0.3 is 0 Å². The molecule has 1 N–H and O–H groups in total. The normalized spacial score (nSPS) is 23.1. The molecule has 6 heteroatoms. The summed E-state index contributed by atoms with van der Waals surface area (Å²) in [5.74, 6) is -0.613. The number of ether oxygens (including phenoxy) is 2. The molecule has 1 saturated heterocycles. The summed E-state index contributed by atoms with van der Waals surface area (Å²) in [6, 6.07) is 6.34. The van der Waals surface area contributed by atoms with Gasteiger partial charge in [0.2, 0.25) is 0 Å². The Morgan fingerprint density at radius 3 is 2.43 bits per heavy atom. The number of aliphatic hydroxyl groups is 1. The minimum atomic E-state index is -3.34. The first-order chi connectivity index (χ1) is 9.70. The monoisotopic (exact) mass is 314 g/mol. The Labute approximate surface area is 125 Å². The van der Waals surface area contributed by atoms with E-state index in [4.69, 9.17) is 9.47 Å². The summed E-state index contributed by atoms with van der Waals surface area (Å²) in [6.07, 6.45) is -0.385. The third-order valence-corrected chi connectivity index (χ3v) is 5.26. The zero-order valence-electron chi connectivity index (χ0n) is 12.6. The first-order valence-corrected chi connectivity index (χ1v) is 8.67. The van der Waals surface area contributed by atoms with Gasteiger partial charge < -0.3 is 14.6 Å². The van der Waals surface area contributed by atoms with Gasteiger partial charge in [0.25, 0.3) is 0 Å². The highest BCUT2D eigenvalue weighted by Crippen LogP contribution is 2.25. The molecule has 0 radical (unpaired) electrons. The molecule has 1 aromatic rings. The van der Waals surface area contributed by atoms with Crippen molar-refractivity contribution in [3.05, 3.63) is 29.8 Å². The molecule has 1 heterocycles. The van der Waals surface area contributed by atoms with Gasteiger partial charge in [0.05, 0.1) is 29.5 Å². The number of benzene rings is 1. The van der Waals surface area contributed by atoms with E-state index in [0.717, 1.165) is 0 Å². The van der Waals surface area contributed by atoms with Gasteiger partial charge in [-0.2, -0.15) is 0 Å². The molecule has 1 aliphatic heterocycles. The van der Waals surface area contributed by atoms with Crippen molar-refractivity contribution in [2.24, 2.45) is 0 Å². The molecular weight excluding hydrogens is 292 g/mol. The Balaban J connectivity index is 1.98. The van der Waals surface area contributed by atoms with Crippen LogP contribution in [0.2, 0.25) is 0 Å². The lowest BCUT2D eigenvalue weighted by atomic mass is 10.1. The average Bonchev–Trinajstić information content (AvgIpc) is 2.76. The van der Waals surface area contributed by atoms with Crippen LogP contribution in [0, 0.1) is 0 Å². The van der Waals surface area contributed by atoms with Crippen LogP contribution in [0.5, 0.6) is 0 Å². The van der Waals surface area contributed by atoms with E-state index in [0.29, 0.717) is 18.6 Å². The summed E-state index contributed by atoms with van der Waals surface area (Å²) in [4.78, 5) is 0.269. The SMILES string of the molecule is C[C@H](O)c1ccc(S(=O)(=O)CCC2COC(C)(C)O2)cc1. The molecule has 2 atom stereocenters. The lowest BCUT2D eigenvalue weighted by Gasteiger charge is -2.17. The van der Waals surface area contributed by atoms with Crippen LogP contribution in [-0.2, 0) is 19.3 Å². The standard InChI is InChI=1S/C15H22O5S/c1-11(16)12-4-6-14(7-5-12)21(17,18)9-8-13-10-19-15(2,3)20-13/h4-7,11,13,16H,8-10H2,1-3H3/t11-,13?/m0/s1. The van der Waals surface area contributed by atoms with Crippen LogP contribution in [-0.4, -0.2) is 37.8 Å². The zero-order chi connectivity index (χ0) is 15.7. The molecule has 21 heavy (non-hydrogen) atoms. The lowest BCUT2D eigenvalue weighted by Crippen LogP contribution is -2.23. The minimum absolute atomic E-state index is 0.0190. The largest absolute Gasteiger partial charge is 0.389 e. The van der Waals surface area contributed by atoms with E-state index in [2.05, 4.69) is 0 Å². The molecular formula is C15H22O5S. The first-order valence-electron chi connectivity index (χ1n) is 7.02. The van der Waals surface area contributed by atoms with Crippen LogP contribution in [0.1, 0.15) is 38.9 Å². The van der Waals surface area contributed by atoms with E-state index in [1.807, 2.05) is 13.8 Å². The summed E-state index contributed by atoms with van der Waals surface area (Å²) in [6.45, 7) is 5.69. The summed E-state index contributed by atoms with van der Waals surface area (Å²) >= 11 is 0. The van der Waals surface area contributed by atoms with Crippen LogP contribution < -0.4 is 0 Å². The zero-order valence-corrected chi connectivity index (χ0v) is 13.4. The Hall–Kier alpha value is -0.950. The molecule has 0 aliphatic carbocycles. The highest BCUT2D eigenvalue weighted by atomic mass is 32.2. The fraction of sp³-hybridized carbons (Fsp3) is 0.600. The molecule has 118 valence electrons. The summed E-state index contributed by atoms with van der Waals surface area (Å²) in [7, 11) is -3.34. The van der Waals surface area contributed by atoms with E-state index in [9.17, 15) is 13.5 Å². The second-order valence-electron chi connectivity index (χ2n) is 5.80. The van der Waals surface area contributed by atoms with Crippen molar-refractivity contribution in [1.29, 1.82) is 0 Å². The van der Waals surface area contributed by atoms with Crippen LogP contribution in [0.3, 0.4) is 0 Å². The molecule has 1 unspecified atom stereocenters. The predicted octanol–water partition coefficient (Wildman–Crippen LogP) is 2.06. The van der Waals surface area contributed by atoms with Crippen LogP contribution >= 0.6 is 0 Å². The molecule has 5 nitrogen and oxygen atoms in total. The van der Waals surface area contributed by atoms with E-state index >= 15 is 0 Å². The van der Waals surface area contributed by atoms with Crippen LogP contribution in [0.25, 0.3) is 0 Å². The van der Waals surface area contributed by atoms with Crippen molar-refractivity contribution in [3.8, 4) is 0 Å². The summed E-state index contributed by atoms with van der Waals surface area (Å²) in [5, 5.41) is 9.43. The highest BCUT2D eigenvalue weighted by molar-refractivity contribution is 7.91. The number of hydrogen-bond donors (Lipinski definition) is 1. The molecule has 1 aliphatic rings. The summed E-state index contributed by atoms with van der Waals surface area (Å²) < 4.78 is 35.6. The van der Waals surface area contributed by atoms with Gasteiger partial charge in [-0.3, -0.25) is 0 Å². The van der Waals surface area contributed by atoms with Crippen molar-refractivity contribution in [3.63, 3.8) is 0 Å². The Bertz CT molecular complexity index is 575. The molecule has 0 bridgehead atoms. The van der Waals surface area contributed by atoms with Gasteiger partial charge in [0, 0.05) is 0 Å². The molecule has 1 aromatic carbocycles. The molecule has 0 saturated carbocycles. The maximum atomic E-state index is 12.3. The van der Waals surface area contributed by atoms with E-state index < -0.39 is 21.7 Å². The Kier molecular flexibility index (Phi) is 4.72. The van der Waals surface area contributed by atoms with Crippen LogP contribution in [0.4, 0.5) is 0 Å². The van der Waals surface area contributed by atoms with Gasteiger partial charge in [-0.1, -0.05) is 12.1 Å². The molecule has 1 fully saturated rings. The fourth-order valence-corrected chi connectivity index (χ4v) is 3.62. The van der Waals surface area contributed by atoms with Gasteiger partial charge in [-0.05, 0) is 44.9 Å². The van der Waals surface area contributed by atoms with Gasteiger partial charge in [-0.15, -0.1) is 0 Å². The maximum Gasteiger partial charge on any atom is 0.178 e. The van der Waals surface area contributed by atoms with Crippen molar-refractivity contribution >= 4 is 9.84 Å². The van der Waals surface area contributed by atoms with Crippen molar-refractivity contribution in [2.45, 2.75) is 50.1 Å². The maximum absolute atomic E-state index is 12.3. The molecule has 2 rings (SSSR count). The molecule has 0 amide bonds. The average molecular weight is 314 g/mol. The summed E-state index contributed by atoms with van der Waals surface area (Å²) in [5.41, 5.74) is 0.697. The minimum Gasteiger partial charge on any atom is -0.389 e. The predicted molar refractivity (Wildman–Crippen MR) is 78.6 cm³/mol. The Morgan fingerprint density at radius 1 is 1.33 bits per heavy atom. The van der Waals surface area contributed by atoms with E-state index in [1.165, 1.54) is 12.1 Å². The quantitative estimate of drug-likeness (QED) is 0.900. The van der Waals surface area contributed by atoms with Gasteiger partial charge in [0.1, 0.15) is 0 Å². The number of hydrogen-bond acceptors (Lipinski definition) is 5. The van der Waals surface area contributed by atoms with E-state index in [-0.39, 0.29) is 16.8 Å². The number of rotatable bonds is 5. The second kappa shape index (κ2) is 6.04. The third kappa shape index (κ3) is 4.26. The van der Waals surface area contributed by atoms with Gasteiger partial charge in [-0.25, -0.2) is 8.42 Å². The highest BCUT2D eigenvalue weighted by Gasteiger charge is 2.33. The van der Waals surface area contributed by atoms with Gasteiger partial charge in [0.15, 0.2) is 15.6 Å². The first kappa shape index (κ1) is 16.4. The molecule has 0 spiro atoms. The lowest BCUT2D eigenvalue weighted by molar-refractivity contribution is -0.138. The third-order valence-electron chi connectivity index (χ3n) is 3.50. The van der Waals surface area contributed by atoms with E-state index in [1.54, 1.807) is 19.1 Å². The smallest absolute Gasteiger partial charge is 0.178 e.